The first-order valence-electron chi connectivity index (χ1n) is 9.47. The van der Waals surface area contributed by atoms with Gasteiger partial charge in [0.2, 0.25) is 5.89 Å². The van der Waals surface area contributed by atoms with Gasteiger partial charge in [-0.1, -0.05) is 0 Å². The van der Waals surface area contributed by atoms with E-state index in [4.69, 9.17) is 8.83 Å². The Morgan fingerprint density at radius 1 is 1.10 bits per heavy atom. The lowest BCUT2D eigenvalue weighted by Crippen LogP contribution is -2.13. The smallest absolute Gasteiger partial charge is 0.257 e. The molecular weight excluding hydrogens is 366 g/mol. The highest BCUT2D eigenvalue weighted by Gasteiger charge is 2.17. The van der Waals surface area contributed by atoms with Gasteiger partial charge in [0.15, 0.2) is 0 Å². The summed E-state index contributed by atoms with van der Waals surface area (Å²) in [7, 11) is 0. The minimum Gasteiger partial charge on any atom is -0.467 e. The maximum Gasteiger partial charge on any atom is 0.257 e. The van der Waals surface area contributed by atoms with Gasteiger partial charge in [-0.15, -0.1) is 0 Å². The standard InChI is InChI=1S/C23H23N3O3/c1-14-12-21(16(3)26(14)13-20-6-5-11-28-20)22(27)25-19-9-7-18(8-10-19)23-24-15(2)17(4)29-23/h5-12H,13H2,1-4H3,(H,25,27). The number of oxazole rings is 1. The van der Waals surface area contributed by atoms with Gasteiger partial charge in [0.25, 0.3) is 5.91 Å². The van der Waals surface area contributed by atoms with Gasteiger partial charge < -0.3 is 18.7 Å². The van der Waals surface area contributed by atoms with Gasteiger partial charge in [0.1, 0.15) is 11.5 Å². The largest absolute Gasteiger partial charge is 0.467 e. The van der Waals surface area contributed by atoms with E-state index in [2.05, 4.69) is 14.9 Å². The summed E-state index contributed by atoms with van der Waals surface area (Å²) in [5.74, 6) is 2.10. The van der Waals surface area contributed by atoms with Crippen molar-refractivity contribution in [3.8, 4) is 11.5 Å². The fraction of sp³-hybridized carbons (Fsp3) is 0.217. The molecular formula is C23H23N3O3. The number of benzene rings is 1. The van der Waals surface area contributed by atoms with Crippen molar-refractivity contribution in [3.63, 3.8) is 0 Å². The zero-order chi connectivity index (χ0) is 20.5. The molecule has 0 fully saturated rings. The first kappa shape index (κ1) is 18.8. The van der Waals surface area contributed by atoms with Gasteiger partial charge in [-0.2, -0.15) is 0 Å². The van der Waals surface area contributed by atoms with E-state index in [0.717, 1.165) is 39.9 Å². The van der Waals surface area contributed by atoms with Crippen molar-refractivity contribution in [2.75, 3.05) is 5.32 Å². The van der Waals surface area contributed by atoms with Crippen LogP contribution in [0.15, 0.2) is 57.6 Å². The normalized spacial score (nSPS) is 11.0. The average Bonchev–Trinajstić information content (AvgIpc) is 3.40. The highest BCUT2D eigenvalue weighted by molar-refractivity contribution is 6.05. The monoisotopic (exact) mass is 389 g/mol. The number of carbonyl (C=O) groups excluding carboxylic acids is 1. The van der Waals surface area contributed by atoms with Crippen molar-refractivity contribution in [1.82, 2.24) is 9.55 Å². The van der Waals surface area contributed by atoms with Crippen molar-refractivity contribution in [3.05, 3.63) is 82.9 Å². The molecule has 0 aliphatic carbocycles. The zero-order valence-electron chi connectivity index (χ0n) is 16.9. The van der Waals surface area contributed by atoms with Crippen LogP contribution in [0.1, 0.15) is 39.0 Å². The van der Waals surface area contributed by atoms with Crippen LogP contribution in [0.3, 0.4) is 0 Å². The number of furan rings is 1. The highest BCUT2D eigenvalue weighted by atomic mass is 16.4. The number of hydrogen-bond acceptors (Lipinski definition) is 4. The molecule has 0 aliphatic rings. The third-order valence-electron chi connectivity index (χ3n) is 5.13. The molecule has 6 nitrogen and oxygen atoms in total. The van der Waals surface area contributed by atoms with Crippen molar-refractivity contribution < 1.29 is 13.6 Å². The topological polar surface area (TPSA) is 73.2 Å². The Bertz CT molecular complexity index is 1130. The van der Waals surface area contributed by atoms with Crippen LogP contribution in [0.4, 0.5) is 5.69 Å². The summed E-state index contributed by atoms with van der Waals surface area (Å²) < 4.78 is 13.2. The second-order valence-corrected chi connectivity index (χ2v) is 7.14. The van der Waals surface area contributed by atoms with Gasteiger partial charge in [0.05, 0.1) is 24.1 Å². The molecule has 1 N–H and O–H groups in total. The summed E-state index contributed by atoms with van der Waals surface area (Å²) in [6.45, 7) is 8.34. The van der Waals surface area contributed by atoms with E-state index in [1.54, 1.807) is 6.26 Å². The third-order valence-corrected chi connectivity index (χ3v) is 5.13. The second-order valence-electron chi connectivity index (χ2n) is 7.14. The van der Waals surface area contributed by atoms with Crippen LogP contribution in [-0.4, -0.2) is 15.5 Å². The molecule has 0 atom stereocenters. The summed E-state index contributed by atoms with van der Waals surface area (Å²) in [6.07, 6.45) is 1.65. The minimum atomic E-state index is -0.139. The molecule has 0 radical (unpaired) electrons. The number of amides is 1. The molecule has 3 heterocycles. The van der Waals surface area contributed by atoms with Gasteiger partial charge in [-0.25, -0.2) is 4.98 Å². The Balaban J connectivity index is 1.51. The number of nitrogens with one attached hydrogen (secondary N) is 1. The molecule has 0 unspecified atom stereocenters. The molecule has 148 valence electrons. The summed E-state index contributed by atoms with van der Waals surface area (Å²) in [5.41, 5.74) is 5.03. The maximum atomic E-state index is 12.8. The third kappa shape index (κ3) is 3.74. The van der Waals surface area contributed by atoms with Crippen LogP contribution in [0.2, 0.25) is 0 Å². The molecule has 0 spiro atoms. The number of aryl methyl sites for hydroxylation is 3. The Kier molecular flexibility index (Phi) is 4.84. The zero-order valence-corrected chi connectivity index (χ0v) is 16.9. The van der Waals surface area contributed by atoms with Crippen LogP contribution in [0, 0.1) is 27.7 Å². The predicted molar refractivity (Wildman–Crippen MR) is 111 cm³/mol. The number of aromatic nitrogens is 2. The maximum absolute atomic E-state index is 12.8. The Hall–Kier alpha value is -3.54. The van der Waals surface area contributed by atoms with E-state index < -0.39 is 0 Å². The van der Waals surface area contributed by atoms with E-state index in [-0.39, 0.29) is 5.91 Å². The minimum absolute atomic E-state index is 0.139. The van der Waals surface area contributed by atoms with E-state index in [0.29, 0.717) is 18.0 Å². The fourth-order valence-electron chi connectivity index (χ4n) is 3.32. The Labute approximate surface area is 169 Å². The number of carbonyl (C=O) groups is 1. The van der Waals surface area contributed by atoms with E-state index >= 15 is 0 Å². The molecule has 0 aliphatic heterocycles. The van der Waals surface area contributed by atoms with Crippen LogP contribution in [0.25, 0.3) is 11.5 Å². The molecule has 6 heteroatoms. The van der Waals surface area contributed by atoms with Gasteiger partial charge in [0, 0.05) is 22.6 Å². The summed E-state index contributed by atoms with van der Waals surface area (Å²) in [6, 6.07) is 13.2. The van der Waals surface area contributed by atoms with Gasteiger partial charge in [-0.05, 0) is 70.2 Å². The SMILES string of the molecule is Cc1nc(-c2ccc(NC(=O)c3cc(C)n(Cc4ccco4)c3C)cc2)oc1C. The lowest BCUT2D eigenvalue weighted by Gasteiger charge is -2.09. The number of nitrogens with zero attached hydrogens (tertiary/aromatic N) is 2. The Morgan fingerprint density at radius 2 is 1.86 bits per heavy atom. The van der Waals surface area contributed by atoms with Crippen molar-refractivity contribution >= 4 is 11.6 Å². The molecule has 29 heavy (non-hydrogen) atoms. The fourth-order valence-corrected chi connectivity index (χ4v) is 3.32. The number of anilines is 1. The predicted octanol–water partition coefficient (Wildman–Crippen LogP) is 5.27. The average molecular weight is 389 g/mol. The number of hydrogen-bond donors (Lipinski definition) is 1. The van der Waals surface area contributed by atoms with E-state index in [9.17, 15) is 4.79 Å². The lowest BCUT2D eigenvalue weighted by atomic mass is 10.2. The summed E-state index contributed by atoms with van der Waals surface area (Å²) in [4.78, 5) is 17.2. The van der Waals surface area contributed by atoms with Crippen molar-refractivity contribution in [2.24, 2.45) is 0 Å². The molecule has 0 bridgehead atoms. The molecule has 1 amide bonds. The van der Waals surface area contributed by atoms with E-state index in [1.807, 2.05) is 70.2 Å². The molecule has 0 saturated heterocycles. The molecule has 3 aromatic heterocycles. The Morgan fingerprint density at radius 3 is 2.48 bits per heavy atom. The van der Waals surface area contributed by atoms with Gasteiger partial charge >= 0.3 is 0 Å². The molecule has 4 rings (SSSR count). The van der Waals surface area contributed by atoms with Crippen molar-refractivity contribution in [1.29, 1.82) is 0 Å². The van der Waals surface area contributed by atoms with Crippen molar-refractivity contribution in [2.45, 2.75) is 34.2 Å². The lowest BCUT2D eigenvalue weighted by molar-refractivity contribution is 0.102. The highest BCUT2D eigenvalue weighted by Crippen LogP contribution is 2.24. The number of rotatable bonds is 5. The van der Waals surface area contributed by atoms with Crippen LogP contribution in [0.5, 0.6) is 0 Å². The first-order chi connectivity index (χ1) is 13.9. The molecule has 4 aromatic rings. The van der Waals surface area contributed by atoms with Gasteiger partial charge in [-0.3, -0.25) is 4.79 Å². The molecule has 0 saturated carbocycles. The van der Waals surface area contributed by atoms with Crippen LogP contribution in [-0.2, 0) is 6.54 Å². The van der Waals surface area contributed by atoms with Crippen LogP contribution >= 0.6 is 0 Å². The van der Waals surface area contributed by atoms with Crippen LogP contribution < -0.4 is 5.32 Å². The summed E-state index contributed by atoms with van der Waals surface area (Å²) >= 11 is 0. The second kappa shape index (κ2) is 7.47. The molecule has 1 aromatic carbocycles. The summed E-state index contributed by atoms with van der Waals surface area (Å²) in [5, 5.41) is 2.97. The van der Waals surface area contributed by atoms with E-state index in [1.165, 1.54) is 0 Å². The quantitative estimate of drug-likeness (QED) is 0.505. The first-order valence-corrected chi connectivity index (χ1v) is 9.47.